The number of halogens is 1. The van der Waals surface area contributed by atoms with Gasteiger partial charge in [0.05, 0.1) is 16.3 Å². The van der Waals surface area contributed by atoms with Crippen LogP contribution < -0.4 is 5.32 Å². The lowest BCUT2D eigenvalue weighted by Crippen LogP contribution is -2.09. The molecule has 0 atom stereocenters. The monoisotopic (exact) mass is 449 g/mol. The van der Waals surface area contributed by atoms with Gasteiger partial charge in [0.2, 0.25) is 5.13 Å². The Bertz CT molecular complexity index is 1370. The van der Waals surface area contributed by atoms with Crippen molar-refractivity contribution in [2.24, 2.45) is 0 Å². The number of nitrogens with one attached hydrogen (secondary N) is 1. The second-order valence-electron chi connectivity index (χ2n) is 6.92. The number of nitrogens with zero attached hydrogens (tertiary/aromatic N) is 4. The molecule has 3 heterocycles. The molecule has 0 fully saturated rings. The van der Waals surface area contributed by atoms with Gasteiger partial charge in [0.1, 0.15) is 15.7 Å². The van der Waals surface area contributed by atoms with Gasteiger partial charge in [-0.3, -0.25) is 10.1 Å². The van der Waals surface area contributed by atoms with Crippen molar-refractivity contribution < 1.29 is 9.18 Å². The standard InChI is InChI=1S/C22H16FN5OS2/c1-13-17-12-18(30-21(17)28(27-13)16-5-3-2-4-6-16)20(29)24-22-26-25-19(31-22)11-14-7-9-15(23)10-8-14/h2-10,12H,11H2,1H3,(H,24,26,29). The summed E-state index contributed by atoms with van der Waals surface area (Å²) in [7, 11) is 0. The molecule has 0 bridgehead atoms. The summed E-state index contributed by atoms with van der Waals surface area (Å²) in [4.78, 5) is 14.3. The molecule has 9 heteroatoms. The molecule has 2 aromatic carbocycles. The number of fused-ring (bicyclic) bond motifs is 1. The van der Waals surface area contributed by atoms with Crippen LogP contribution in [0.15, 0.2) is 60.7 Å². The first kappa shape index (κ1) is 19.5. The highest BCUT2D eigenvalue weighted by Crippen LogP contribution is 2.31. The minimum atomic E-state index is -0.275. The molecule has 0 saturated heterocycles. The number of amides is 1. The van der Waals surface area contributed by atoms with Crippen molar-refractivity contribution in [2.75, 3.05) is 5.32 Å². The quantitative estimate of drug-likeness (QED) is 0.399. The maximum atomic E-state index is 13.1. The van der Waals surface area contributed by atoms with E-state index in [1.165, 1.54) is 34.8 Å². The van der Waals surface area contributed by atoms with Crippen molar-refractivity contribution in [3.8, 4) is 5.69 Å². The van der Waals surface area contributed by atoms with Crippen LogP contribution >= 0.6 is 22.7 Å². The molecule has 1 amide bonds. The number of para-hydroxylation sites is 1. The van der Waals surface area contributed by atoms with Gasteiger partial charge in [-0.2, -0.15) is 5.10 Å². The van der Waals surface area contributed by atoms with Gasteiger partial charge in [-0.05, 0) is 42.8 Å². The Hall–Kier alpha value is -3.43. The van der Waals surface area contributed by atoms with Crippen molar-refractivity contribution in [3.63, 3.8) is 0 Å². The van der Waals surface area contributed by atoms with E-state index in [-0.39, 0.29) is 11.7 Å². The Kier molecular flexibility index (Phi) is 5.05. The summed E-state index contributed by atoms with van der Waals surface area (Å²) in [5.74, 6) is -0.507. The number of aromatic nitrogens is 4. The normalized spacial score (nSPS) is 11.2. The maximum absolute atomic E-state index is 13.1. The molecule has 0 aliphatic carbocycles. The Morgan fingerprint density at radius 2 is 1.84 bits per heavy atom. The largest absolute Gasteiger partial charge is 0.296 e. The zero-order valence-corrected chi connectivity index (χ0v) is 18.0. The third kappa shape index (κ3) is 3.97. The van der Waals surface area contributed by atoms with Gasteiger partial charge < -0.3 is 0 Å². The number of anilines is 1. The number of carbonyl (C=O) groups excluding carboxylic acids is 1. The number of thiophene rings is 1. The van der Waals surface area contributed by atoms with Crippen LogP contribution in [0.4, 0.5) is 9.52 Å². The predicted molar refractivity (Wildman–Crippen MR) is 121 cm³/mol. The van der Waals surface area contributed by atoms with E-state index in [2.05, 4.69) is 20.6 Å². The molecule has 3 aromatic heterocycles. The molecule has 0 aliphatic heterocycles. The van der Waals surface area contributed by atoms with Crippen LogP contribution in [0.25, 0.3) is 15.9 Å². The summed E-state index contributed by atoms with van der Waals surface area (Å²) in [5, 5.41) is 17.8. The minimum absolute atomic E-state index is 0.232. The van der Waals surface area contributed by atoms with Gasteiger partial charge in [0, 0.05) is 11.8 Å². The molecule has 0 aliphatic rings. The van der Waals surface area contributed by atoms with Crippen molar-refractivity contribution >= 4 is 43.9 Å². The predicted octanol–water partition coefficient (Wildman–Crippen LogP) is 5.23. The molecule has 0 unspecified atom stereocenters. The molecule has 1 N–H and O–H groups in total. The van der Waals surface area contributed by atoms with Crippen LogP contribution in [0, 0.1) is 12.7 Å². The Balaban J connectivity index is 1.35. The third-order valence-corrected chi connectivity index (χ3v) is 6.67. The molecular formula is C22H16FN5OS2. The molecule has 0 saturated carbocycles. The molecule has 0 spiro atoms. The highest BCUT2D eigenvalue weighted by Gasteiger charge is 2.18. The summed E-state index contributed by atoms with van der Waals surface area (Å²) in [6.07, 6.45) is 0.531. The van der Waals surface area contributed by atoms with Crippen LogP contribution in [0.1, 0.15) is 25.9 Å². The summed E-state index contributed by atoms with van der Waals surface area (Å²) in [5.41, 5.74) is 2.75. The topological polar surface area (TPSA) is 72.7 Å². The van der Waals surface area contributed by atoms with Crippen LogP contribution in [-0.2, 0) is 6.42 Å². The van der Waals surface area contributed by atoms with Crippen LogP contribution in [0.3, 0.4) is 0 Å². The van der Waals surface area contributed by atoms with Crippen molar-refractivity contribution in [1.82, 2.24) is 20.0 Å². The van der Waals surface area contributed by atoms with E-state index in [0.29, 0.717) is 16.4 Å². The first-order valence-corrected chi connectivity index (χ1v) is 11.1. The summed E-state index contributed by atoms with van der Waals surface area (Å²) >= 11 is 2.69. The lowest BCUT2D eigenvalue weighted by atomic mass is 10.2. The molecular weight excluding hydrogens is 433 g/mol. The lowest BCUT2D eigenvalue weighted by molar-refractivity contribution is 0.103. The number of carbonyl (C=O) groups is 1. The molecule has 154 valence electrons. The van der Waals surface area contributed by atoms with Gasteiger partial charge in [0.25, 0.3) is 5.91 Å². The van der Waals surface area contributed by atoms with Gasteiger partial charge in [0.15, 0.2) is 0 Å². The highest BCUT2D eigenvalue weighted by atomic mass is 32.1. The van der Waals surface area contributed by atoms with Crippen LogP contribution in [0.2, 0.25) is 0 Å². The fourth-order valence-electron chi connectivity index (χ4n) is 3.21. The smallest absolute Gasteiger partial charge is 0.267 e. The van der Waals surface area contributed by atoms with E-state index in [9.17, 15) is 9.18 Å². The fraction of sp³-hybridized carbons (Fsp3) is 0.0909. The number of aryl methyl sites for hydroxylation is 1. The molecule has 31 heavy (non-hydrogen) atoms. The molecule has 0 radical (unpaired) electrons. The number of hydrogen-bond donors (Lipinski definition) is 1. The first-order valence-electron chi connectivity index (χ1n) is 9.49. The van der Waals surface area contributed by atoms with Gasteiger partial charge in [-0.15, -0.1) is 21.5 Å². The zero-order chi connectivity index (χ0) is 21.4. The van der Waals surface area contributed by atoms with Crippen LogP contribution in [-0.4, -0.2) is 25.9 Å². The molecule has 6 nitrogen and oxygen atoms in total. The summed E-state index contributed by atoms with van der Waals surface area (Å²) in [6.45, 7) is 1.93. The number of benzene rings is 2. The van der Waals surface area contributed by atoms with Crippen LogP contribution in [0.5, 0.6) is 0 Å². The van der Waals surface area contributed by atoms with E-state index < -0.39 is 0 Å². The number of hydrogen-bond acceptors (Lipinski definition) is 6. The van der Waals surface area contributed by atoms with E-state index in [0.717, 1.165) is 32.2 Å². The van der Waals surface area contributed by atoms with E-state index in [1.807, 2.05) is 48.0 Å². The first-order chi connectivity index (χ1) is 15.1. The summed E-state index contributed by atoms with van der Waals surface area (Å²) in [6, 6.07) is 17.9. The maximum Gasteiger partial charge on any atom is 0.267 e. The van der Waals surface area contributed by atoms with E-state index in [4.69, 9.17) is 0 Å². The lowest BCUT2D eigenvalue weighted by Gasteiger charge is -2.01. The van der Waals surface area contributed by atoms with Crippen molar-refractivity contribution in [3.05, 3.63) is 87.6 Å². The number of rotatable bonds is 5. The third-order valence-electron chi connectivity index (χ3n) is 4.73. The average Bonchev–Trinajstić information content (AvgIpc) is 3.47. The molecule has 5 rings (SSSR count). The minimum Gasteiger partial charge on any atom is -0.296 e. The van der Waals surface area contributed by atoms with Crippen molar-refractivity contribution in [1.29, 1.82) is 0 Å². The van der Waals surface area contributed by atoms with Crippen molar-refractivity contribution in [2.45, 2.75) is 13.3 Å². The second kappa shape index (κ2) is 8.01. The Morgan fingerprint density at radius 1 is 1.06 bits per heavy atom. The SMILES string of the molecule is Cc1nn(-c2ccccc2)c2sc(C(=O)Nc3nnc(Cc4ccc(F)cc4)s3)cc12. The Morgan fingerprint density at radius 3 is 2.61 bits per heavy atom. The summed E-state index contributed by atoms with van der Waals surface area (Å²) < 4.78 is 14.9. The average molecular weight is 450 g/mol. The zero-order valence-electron chi connectivity index (χ0n) is 16.4. The van der Waals surface area contributed by atoms with E-state index >= 15 is 0 Å². The highest BCUT2D eigenvalue weighted by molar-refractivity contribution is 7.20. The Labute approximate surface area is 185 Å². The van der Waals surface area contributed by atoms with E-state index in [1.54, 1.807) is 12.1 Å². The molecule has 5 aromatic rings. The van der Waals surface area contributed by atoms with Gasteiger partial charge in [-0.1, -0.05) is 41.7 Å². The second-order valence-corrected chi connectivity index (χ2v) is 9.01. The van der Waals surface area contributed by atoms with Gasteiger partial charge in [-0.25, -0.2) is 9.07 Å². The van der Waals surface area contributed by atoms with Gasteiger partial charge >= 0.3 is 0 Å². The fourth-order valence-corrected chi connectivity index (χ4v) is 5.06.